The van der Waals surface area contributed by atoms with Gasteiger partial charge in [0.25, 0.3) is 0 Å². The van der Waals surface area contributed by atoms with Gasteiger partial charge >= 0.3 is 35.5 Å². The average Bonchev–Trinajstić information content (AvgIpc) is 1.98. The number of hydrogen-bond acceptors (Lipinski definition) is 6. The maximum atomic E-state index is 10.7. The minimum Gasteiger partial charge on any atom is -0.748 e. The molecule has 1 N–H and O–H groups in total. The zero-order valence-electron chi connectivity index (χ0n) is 8.54. The van der Waals surface area contributed by atoms with Gasteiger partial charge in [0.1, 0.15) is 12.7 Å². The van der Waals surface area contributed by atoms with Gasteiger partial charge in [-0.2, -0.15) is 0 Å². The standard InChI is InChI=1S/C7H12O6S.Na/c1-2-3-7(9)13-4-6(8)5-14(10,11)12;/h2-3,6,8H,4-5H2,1H3,(H,10,11,12);/q;+1/p-1. The van der Waals surface area contributed by atoms with Crippen LogP contribution in [0.5, 0.6) is 0 Å². The second kappa shape index (κ2) is 8.26. The molecular formula is C7H11NaO6S. The molecule has 0 rings (SSSR count). The van der Waals surface area contributed by atoms with E-state index in [1.807, 2.05) is 0 Å². The molecule has 15 heavy (non-hydrogen) atoms. The van der Waals surface area contributed by atoms with E-state index < -0.39 is 34.6 Å². The minimum atomic E-state index is -4.49. The predicted octanol–water partition coefficient (Wildman–Crippen LogP) is -3.98. The van der Waals surface area contributed by atoms with E-state index >= 15 is 0 Å². The number of carbonyl (C=O) groups is 1. The first-order chi connectivity index (χ1) is 6.35. The van der Waals surface area contributed by atoms with E-state index in [2.05, 4.69) is 4.74 Å². The van der Waals surface area contributed by atoms with Crippen molar-refractivity contribution in [3.05, 3.63) is 12.2 Å². The molecule has 0 aromatic heterocycles. The molecule has 0 saturated heterocycles. The van der Waals surface area contributed by atoms with Crippen LogP contribution >= 0.6 is 0 Å². The van der Waals surface area contributed by atoms with Gasteiger partial charge in [0.05, 0.1) is 15.9 Å². The van der Waals surface area contributed by atoms with Gasteiger partial charge in [-0.1, -0.05) is 6.08 Å². The number of carbonyl (C=O) groups excluding carboxylic acids is 1. The molecule has 0 bridgehead atoms. The Morgan fingerprint density at radius 2 is 2.13 bits per heavy atom. The van der Waals surface area contributed by atoms with Gasteiger partial charge < -0.3 is 14.4 Å². The maximum absolute atomic E-state index is 10.7. The first-order valence-electron chi connectivity index (χ1n) is 3.76. The van der Waals surface area contributed by atoms with Crippen molar-refractivity contribution in [1.29, 1.82) is 0 Å². The van der Waals surface area contributed by atoms with Crippen LogP contribution in [0.25, 0.3) is 0 Å². The Balaban J connectivity index is 0. The molecule has 8 heteroatoms. The van der Waals surface area contributed by atoms with Crippen LogP contribution in [0.4, 0.5) is 0 Å². The van der Waals surface area contributed by atoms with Crippen molar-refractivity contribution in [2.24, 2.45) is 0 Å². The van der Waals surface area contributed by atoms with Crippen LogP contribution < -0.4 is 29.6 Å². The number of rotatable bonds is 5. The van der Waals surface area contributed by atoms with Crippen molar-refractivity contribution in [3.63, 3.8) is 0 Å². The second-order valence-electron chi connectivity index (χ2n) is 2.51. The van der Waals surface area contributed by atoms with E-state index in [0.717, 1.165) is 6.08 Å². The molecule has 0 amide bonds. The quantitative estimate of drug-likeness (QED) is 0.229. The fourth-order valence-electron chi connectivity index (χ4n) is 0.646. The predicted molar refractivity (Wildman–Crippen MR) is 46.3 cm³/mol. The third kappa shape index (κ3) is 12.0. The first-order valence-corrected chi connectivity index (χ1v) is 5.34. The molecule has 0 saturated carbocycles. The van der Waals surface area contributed by atoms with Crippen molar-refractivity contribution < 1.29 is 57.2 Å². The van der Waals surface area contributed by atoms with Crippen molar-refractivity contribution in [3.8, 4) is 0 Å². The van der Waals surface area contributed by atoms with Crippen LogP contribution in [0, 0.1) is 0 Å². The summed E-state index contributed by atoms with van der Waals surface area (Å²) in [5, 5.41) is 8.92. The summed E-state index contributed by atoms with van der Waals surface area (Å²) >= 11 is 0. The summed E-state index contributed by atoms with van der Waals surface area (Å²) in [4.78, 5) is 10.7. The Morgan fingerprint density at radius 1 is 1.60 bits per heavy atom. The molecule has 0 heterocycles. The van der Waals surface area contributed by atoms with Crippen LogP contribution in [0.1, 0.15) is 6.92 Å². The van der Waals surface area contributed by atoms with Crippen LogP contribution in [0.2, 0.25) is 0 Å². The van der Waals surface area contributed by atoms with Gasteiger partial charge in [-0.3, -0.25) is 0 Å². The van der Waals surface area contributed by atoms with Crippen LogP contribution in [-0.2, 0) is 19.6 Å². The number of allylic oxidation sites excluding steroid dienone is 1. The summed E-state index contributed by atoms with van der Waals surface area (Å²) in [5.74, 6) is -1.66. The Morgan fingerprint density at radius 3 is 2.53 bits per heavy atom. The summed E-state index contributed by atoms with van der Waals surface area (Å²) < 4.78 is 34.8. The fraction of sp³-hybridized carbons (Fsp3) is 0.571. The van der Waals surface area contributed by atoms with E-state index in [1.54, 1.807) is 6.92 Å². The molecule has 0 spiro atoms. The molecule has 82 valence electrons. The van der Waals surface area contributed by atoms with Gasteiger partial charge in [-0.25, -0.2) is 13.2 Å². The topological polar surface area (TPSA) is 104 Å². The van der Waals surface area contributed by atoms with Gasteiger partial charge in [0.15, 0.2) is 0 Å². The molecular weight excluding hydrogens is 235 g/mol. The molecule has 0 aromatic carbocycles. The minimum absolute atomic E-state index is 0. The normalized spacial score (nSPS) is 13.3. The van der Waals surface area contributed by atoms with Crippen molar-refractivity contribution >= 4 is 16.1 Å². The van der Waals surface area contributed by atoms with E-state index in [9.17, 15) is 17.8 Å². The molecule has 0 aliphatic heterocycles. The van der Waals surface area contributed by atoms with E-state index in [1.165, 1.54) is 6.08 Å². The third-order valence-electron chi connectivity index (χ3n) is 1.12. The Labute approximate surface area is 110 Å². The molecule has 6 nitrogen and oxygen atoms in total. The number of hydrogen-bond donors (Lipinski definition) is 1. The van der Waals surface area contributed by atoms with Gasteiger partial charge in [0, 0.05) is 6.08 Å². The van der Waals surface area contributed by atoms with Gasteiger partial charge in [-0.15, -0.1) is 0 Å². The number of aliphatic hydroxyl groups is 1. The number of esters is 1. The monoisotopic (exact) mass is 246 g/mol. The summed E-state index contributed by atoms with van der Waals surface area (Å²) in [6.45, 7) is 1.09. The zero-order chi connectivity index (χ0) is 11.2. The van der Waals surface area contributed by atoms with Crippen LogP contribution in [-0.4, -0.2) is 42.5 Å². The molecule has 0 radical (unpaired) electrons. The smallest absolute Gasteiger partial charge is 0.748 e. The van der Waals surface area contributed by atoms with E-state index in [4.69, 9.17) is 5.11 Å². The Hall–Kier alpha value is 0.0800. The number of aliphatic hydroxyl groups excluding tert-OH is 1. The van der Waals surface area contributed by atoms with E-state index in [0.29, 0.717) is 0 Å². The first kappa shape index (κ1) is 17.5. The van der Waals surface area contributed by atoms with Crippen LogP contribution in [0.3, 0.4) is 0 Å². The Bertz CT molecular complexity index is 309. The average molecular weight is 246 g/mol. The molecule has 1 unspecified atom stereocenters. The SMILES string of the molecule is CC=CC(=O)OCC(O)CS(=O)(=O)[O-].[Na+]. The maximum Gasteiger partial charge on any atom is 1.00 e. The van der Waals surface area contributed by atoms with Crippen LogP contribution in [0.15, 0.2) is 12.2 Å². The van der Waals surface area contributed by atoms with Gasteiger partial charge in [0.2, 0.25) is 0 Å². The Kier molecular flexibility index (Phi) is 9.62. The molecule has 0 aliphatic rings. The number of ether oxygens (including phenoxy) is 1. The van der Waals surface area contributed by atoms with Gasteiger partial charge in [-0.05, 0) is 6.92 Å². The molecule has 0 fully saturated rings. The molecule has 0 aliphatic carbocycles. The molecule has 1 atom stereocenters. The van der Waals surface area contributed by atoms with E-state index in [-0.39, 0.29) is 29.6 Å². The largest absolute Gasteiger partial charge is 1.00 e. The summed E-state index contributed by atoms with van der Waals surface area (Å²) in [7, 11) is -4.49. The van der Waals surface area contributed by atoms with Crippen molar-refractivity contribution in [2.75, 3.05) is 12.4 Å². The summed E-state index contributed by atoms with van der Waals surface area (Å²) in [6.07, 6.45) is 1.06. The summed E-state index contributed by atoms with van der Waals surface area (Å²) in [5.41, 5.74) is 0. The zero-order valence-corrected chi connectivity index (χ0v) is 11.4. The fourth-order valence-corrected chi connectivity index (χ4v) is 1.21. The third-order valence-corrected chi connectivity index (χ3v) is 1.91. The second-order valence-corrected chi connectivity index (χ2v) is 3.96. The van der Waals surface area contributed by atoms with Crippen molar-refractivity contribution in [2.45, 2.75) is 13.0 Å². The summed E-state index contributed by atoms with van der Waals surface area (Å²) in [6, 6.07) is 0. The molecule has 0 aromatic rings. The van der Waals surface area contributed by atoms with Crippen molar-refractivity contribution in [1.82, 2.24) is 0 Å².